The highest BCUT2D eigenvalue weighted by atomic mass is 16.1. The molecule has 116 valence electrons. The van der Waals surface area contributed by atoms with E-state index in [1.165, 1.54) is 0 Å². The van der Waals surface area contributed by atoms with Gasteiger partial charge in [0.15, 0.2) is 0 Å². The number of nitrogens with zero attached hydrogens (tertiary/aromatic N) is 2. The molecule has 0 saturated heterocycles. The van der Waals surface area contributed by atoms with Crippen LogP contribution in [0.25, 0.3) is 5.69 Å². The topological polar surface area (TPSA) is 56.0 Å². The molecule has 0 atom stereocenters. The highest BCUT2D eigenvalue weighted by molar-refractivity contribution is 5.72. The fourth-order valence-corrected chi connectivity index (χ4v) is 3.42. The maximum Gasteiger partial charge on any atom is 0.291 e. The van der Waals surface area contributed by atoms with Crippen LogP contribution < -0.4 is 10.9 Å². The van der Waals surface area contributed by atoms with Gasteiger partial charge >= 0.3 is 0 Å². The Morgan fingerprint density at radius 3 is 2.50 bits per heavy atom. The van der Waals surface area contributed by atoms with Crippen molar-refractivity contribution < 1.29 is 4.79 Å². The first-order valence-corrected chi connectivity index (χ1v) is 7.90. The Kier molecular flexibility index (Phi) is 4.13. The van der Waals surface area contributed by atoms with Gasteiger partial charge in [0, 0.05) is 0 Å². The van der Waals surface area contributed by atoms with Crippen LogP contribution in [0.3, 0.4) is 0 Å². The predicted octanol–water partition coefficient (Wildman–Crippen LogP) is 2.88. The van der Waals surface area contributed by atoms with Crippen LogP contribution in [-0.2, 0) is 11.2 Å². The third kappa shape index (κ3) is 2.36. The van der Waals surface area contributed by atoms with Crippen molar-refractivity contribution in [1.29, 1.82) is 0 Å². The summed E-state index contributed by atoms with van der Waals surface area (Å²) < 4.78 is 3.83. The van der Waals surface area contributed by atoms with Crippen molar-refractivity contribution in [2.24, 2.45) is 0 Å². The molecule has 1 amide bonds. The monoisotopic (exact) mass is 299 g/mol. The Labute approximate surface area is 129 Å². The standard InChI is InChI=1S/C17H21N3O2/c1-2-15-16(18-12-21)17(22)20(14-10-6-7-11-14)19(15)13-8-4-3-5-9-13/h3-5,8-9,12,14H,2,6-7,10-11H2,1H3,(H,18,21). The van der Waals surface area contributed by atoms with Crippen LogP contribution in [0.1, 0.15) is 44.3 Å². The van der Waals surface area contributed by atoms with Gasteiger partial charge in [0.2, 0.25) is 6.41 Å². The predicted molar refractivity (Wildman–Crippen MR) is 86.6 cm³/mol. The Morgan fingerprint density at radius 1 is 1.23 bits per heavy atom. The zero-order valence-corrected chi connectivity index (χ0v) is 12.8. The largest absolute Gasteiger partial charge is 0.323 e. The van der Waals surface area contributed by atoms with Crippen LogP contribution >= 0.6 is 0 Å². The number of benzene rings is 1. The van der Waals surface area contributed by atoms with E-state index in [1.807, 2.05) is 46.6 Å². The number of carbonyl (C=O) groups is 1. The van der Waals surface area contributed by atoms with Crippen molar-refractivity contribution in [1.82, 2.24) is 9.36 Å². The lowest BCUT2D eigenvalue weighted by Crippen LogP contribution is -2.26. The Hall–Kier alpha value is -2.30. The third-order valence-corrected chi connectivity index (χ3v) is 4.39. The molecular formula is C17H21N3O2. The Morgan fingerprint density at radius 2 is 1.91 bits per heavy atom. The van der Waals surface area contributed by atoms with Crippen molar-refractivity contribution in [2.45, 2.75) is 45.1 Å². The Balaban J connectivity index is 2.26. The summed E-state index contributed by atoms with van der Waals surface area (Å²) in [5.41, 5.74) is 2.13. The SMILES string of the molecule is CCc1c(NC=O)c(=O)n(C2CCCC2)n1-c1ccccc1. The molecule has 1 aromatic heterocycles. The molecule has 0 bridgehead atoms. The number of anilines is 1. The van der Waals surface area contributed by atoms with E-state index < -0.39 is 0 Å². The van der Waals surface area contributed by atoms with Gasteiger partial charge in [0.05, 0.1) is 17.4 Å². The maximum atomic E-state index is 12.8. The number of aromatic nitrogens is 2. The quantitative estimate of drug-likeness (QED) is 0.863. The summed E-state index contributed by atoms with van der Waals surface area (Å²) in [6.45, 7) is 2.00. The summed E-state index contributed by atoms with van der Waals surface area (Å²) >= 11 is 0. The summed E-state index contributed by atoms with van der Waals surface area (Å²) in [5, 5.41) is 2.61. The van der Waals surface area contributed by atoms with Gasteiger partial charge in [-0.3, -0.25) is 14.3 Å². The lowest BCUT2D eigenvalue weighted by atomic mass is 10.2. The molecule has 5 heteroatoms. The lowest BCUT2D eigenvalue weighted by molar-refractivity contribution is -0.105. The highest BCUT2D eigenvalue weighted by Gasteiger charge is 2.27. The van der Waals surface area contributed by atoms with Crippen molar-refractivity contribution in [3.8, 4) is 5.69 Å². The number of para-hydroxylation sites is 1. The molecule has 1 aliphatic rings. The van der Waals surface area contributed by atoms with Gasteiger partial charge in [-0.15, -0.1) is 0 Å². The maximum absolute atomic E-state index is 12.8. The van der Waals surface area contributed by atoms with E-state index in [0.717, 1.165) is 37.1 Å². The highest BCUT2D eigenvalue weighted by Crippen LogP contribution is 2.31. The van der Waals surface area contributed by atoms with Crippen molar-refractivity contribution in [3.63, 3.8) is 0 Å². The molecule has 0 aliphatic heterocycles. The third-order valence-electron chi connectivity index (χ3n) is 4.39. The van der Waals surface area contributed by atoms with Crippen LogP contribution in [0.5, 0.6) is 0 Å². The van der Waals surface area contributed by atoms with Gasteiger partial charge in [-0.05, 0) is 31.4 Å². The van der Waals surface area contributed by atoms with Crippen molar-refractivity contribution in [2.75, 3.05) is 5.32 Å². The zero-order chi connectivity index (χ0) is 15.5. The van der Waals surface area contributed by atoms with E-state index in [1.54, 1.807) is 0 Å². The number of rotatable bonds is 5. The number of amides is 1. The summed E-state index contributed by atoms with van der Waals surface area (Å²) in [5.74, 6) is 0. The second-order valence-corrected chi connectivity index (χ2v) is 5.67. The van der Waals surface area contributed by atoms with Gasteiger partial charge < -0.3 is 5.32 Å². The van der Waals surface area contributed by atoms with E-state index >= 15 is 0 Å². The summed E-state index contributed by atoms with van der Waals surface area (Å²) in [6.07, 6.45) is 5.59. The van der Waals surface area contributed by atoms with Crippen molar-refractivity contribution in [3.05, 3.63) is 46.4 Å². The summed E-state index contributed by atoms with van der Waals surface area (Å²) in [7, 11) is 0. The normalized spacial score (nSPS) is 15.1. The molecule has 1 N–H and O–H groups in total. The minimum atomic E-state index is -0.0975. The first-order chi connectivity index (χ1) is 10.8. The van der Waals surface area contributed by atoms with Gasteiger partial charge in [-0.1, -0.05) is 38.0 Å². The molecule has 1 heterocycles. The van der Waals surface area contributed by atoms with E-state index in [4.69, 9.17) is 0 Å². The zero-order valence-electron chi connectivity index (χ0n) is 12.8. The van der Waals surface area contributed by atoms with E-state index in [0.29, 0.717) is 18.5 Å². The molecule has 0 unspecified atom stereocenters. The molecule has 2 aromatic rings. The molecule has 3 rings (SSSR count). The summed E-state index contributed by atoms with van der Waals surface area (Å²) in [4.78, 5) is 23.7. The van der Waals surface area contributed by atoms with Gasteiger partial charge in [-0.2, -0.15) is 0 Å². The number of carbonyl (C=O) groups excluding carboxylic acids is 1. The second-order valence-electron chi connectivity index (χ2n) is 5.67. The second kappa shape index (κ2) is 6.22. The minimum absolute atomic E-state index is 0.0975. The van der Waals surface area contributed by atoms with Crippen LogP contribution in [0.2, 0.25) is 0 Å². The summed E-state index contributed by atoms with van der Waals surface area (Å²) in [6, 6.07) is 10.1. The van der Waals surface area contributed by atoms with E-state index in [-0.39, 0.29) is 11.6 Å². The van der Waals surface area contributed by atoms with Crippen LogP contribution in [0.15, 0.2) is 35.1 Å². The average Bonchev–Trinajstić information content (AvgIpc) is 3.16. The van der Waals surface area contributed by atoms with Crippen LogP contribution in [0.4, 0.5) is 5.69 Å². The number of hydrogen-bond donors (Lipinski definition) is 1. The first kappa shape index (κ1) is 14.6. The van der Waals surface area contributed by atoms with E-state index in [2.05, 4.69) is 5.32 Å². The smallest absolute Gasteiger partial charge is 0.291 e. The Bertz CT molecular complexity index is 709. The average molecular weight is 299 g/mol. The molecule has 22 heavy (non-hydrogen) atoms. The molecule has 1 aromatic carbocycles. The minimum Gasteiger partial charge on any atom is -0.323 e. The van der Waals surface area contributed by atoms with Crippen molar-refractivity contribution >= 4 is 12.1 Å². The van der Waals surface area contributed by atoms with Gasteiger partial charge in [0.1, 0.15) is 5.69 Å². The molecule has 1 saturated carbocycles. The fraction of sp³-hybridized carbons (Fsp3) is 0.412. The fourth-order valence-electron chi connectivity index (χ4n) is 3.42. The molecule has 0 radical (unpaired) electrons. The molecule has 0 spiro atoms. The van der Waals surface area contributed by atoms with Gasteiger partial charge in [-0.25, -0.2) is 4.68 Å². The van der Waals surface area contributed by atoms with E-state index in [9.17, 15) is 9.59 Å². The number of nitrogens with one attached hydrogen (secondary N) is 1. The van der Waals surface area contributed by atoms with Gasteiger partial charge in [0.25, 0.3) is 5.56 Å². The first-order valence-electron chi connectivity index (χ1n) is 7.90. The lowest BCUT2D eigenvalue weighted by Gasteiger charge is -2.19. The molecular weight excluding hydrogens is 278 g/mol. The molecule has 1 fully saturated rings. The molecule has 5 nitrogen and oxygen atoms in total. The number of hydrogen-bond acceptors (Lipinski definition) is 2. The van der Waals surface area contributed by atoms with Crippen LogP contribution in [-0.4, -0.2) is 15.8 Å². The van der Waals surface area contributed by atoms with Crippen LogP contribution in [0, 0.1) is 0 Å². The molecule has 1 aliphatic carbocycles.